The summed E-state index contributed by atoms with van der Waals surface area (Å²) < 4.78 is 5.16. The van der Waals surface area contributed by atoms with Crippen molar-refractivity contribution >= 4 is 22.8 Å². The number of hydrogen-bond acceptors (Lipinski definition) is 5. The van der Waals surface area contributed by atoms with Crippen molar-refractivity contribution in [1.29, 1.82) is 10.5 Å². The Kier molecular flexibility index (Phi) is 4.86. The zero-order valence-electron chi connectivity index (χ0n) is 11.1. The van der Waals surface area contributed by atoms with Crippen molar-refractivity contribution in [2.45, 2.75) is 18.0 Å². The van der Waals surface area contributed by atoms with Crippen LogP contribution >= 0.6 is 11.8 Å². The second-order valence-corrected chi connectivity index (χ2v) is 5.27. The maximum absolute atomic E-state index is 9.02. The van der Waals surface area contributed by atoms with Gasteiger partial charge in [-0.05, 0) is 18.6 Å². The van der Waals surface area contributed by atoms with Gasteiger partial charge in [-0.25, -0.2) is 4.98 Å². The summed E-state index contributed by atoms with van der Waals surface area (Å²) in [5.41, 5.74) is 1.79. The molecule has 0 saturated carbocycles. The third-order valence-electron chi connectivity index (χ3n) is 2.88. The van der Waals surface area contributed by atoms with Gasteiger partial charge in [-0.2, -0.15) is 10.5 Å². The molecule has 2 rings (SSSR count). The summed E-state index contributed by atoms with van der Waals surface area (Å²) in [6.45, 7) is 0. The minimum atomic E-state index is -0.123. The molecule has 0 radical (unpaired) electrons. The molecule has 0 aliphatic carbocycles. The molecule has 1 heterocycles. The number of ether oxygens (including phenoxy) is 1. The molecule has 1 aromatic carbocycles. The minimum Gasteiger partial charge on any atom is -0.497 e. The first-order valence-corrected chi connectivity index (χ1v) is 7.18. The molecule has 1 N–H and O–H groups in total. The van der Waals surface area contributed by atoms with Crippen LogP contribution < -0.4 is 4.74 Å². The van der Waals surface area contributed by atoms with Crippen molar-refractivity contribution in [3.63, 3.8) is 0 Å². The predicted molar refractivity (Wildman–Crippen MR) is 77.3 cm³/mol. The maximum Gasteiger partial charge on any atom is 0.166 e. The Hall–Kier alpha value is -2.18. The summed E-state index contributed by atoms with van der Waals surface area (Å²) in [4.78, 5) is 7.66. The van der Waals surface area contributed by atoms with E-state index in [4.69, 9.17) is 15.3 Å². The monoisotopic (exact) mass is 286 g/mol. The van der Waals surface area contributed by atoms with E-state index >= 15 is 0 Å². The molecule has 6 heteroatoms. The molecule has 5 nitrogen and oxygen atoms in total. The molecule has 1 atom stereocenters. The second kappa shape index (κ2) is 6.83. The summed E-state index contributed by atoms with van der Waals surface area (Å²) in [7, 11) is 1.62. The first-order chi connectivity index (χ1) is 9.76. The highest BCUT2D eigenvalue weighted by Gasteiger charge is 2.10. The topological polar surface area (TPSA) is 85.5 Å². The zero-order chi connectivity index (χ0) is 14.4. The predicted octanol–water partition coefficient (Wildman–Crippen LogP) is 3.11. The van der Waals surface area contributed by atoms with Gasteiger partial charge in [0.2, 0.25) is 0 Å². The Labute approximate surface area is 121 Å². The van der Waals surface area contributed by atoms with Crippen LogP contribution in [0.25, 0.3) is 11.0 Å². The van der Waals surface area contributed by atoms with Crippen LogP contribution in [0.1, 0.15) is 12.8 Å². The Morgan fingerprint density at radius 1 is 1.45 bits per heavy atom. The molecule has 102 valence electrons. The highest BCUT2D eigenvalue weighted by Crippen LogP contribution is 2.25. The Bertz CT molecular complexity index is 668. The van der Waals surface area contributed by atoms with Crippen LogP contribution in [-0.4, -0.2) is 22.8 Å². The third-order valence-corrected chi connectivity index (χ3v) is 3.91. The van der Waals surface area contributed by atoms with Gasteiger partial charge >= 0.3 is 0 Å². The average molecular weight is 286 g/mol. The van der Waals surface area contributed by atoms with E-state index in [2.05, 4.69) is 22.1 Å². The number of rotatable bonds is 6. The molecular formula is C14H14N4OS. The van der Waals surface area contributed by atoms with Gasteiger partial charge in [-0.1, -0.05) is 11.8 Å². The SMILES string of the molecule is COc1ccc2nc(SC[C@@H](C#N)CCC#N)[nH]c2c1. The van der Waals surface area contributed by atoms with Crippen LogP contribution in [0.3, 0.4) is 0 Å². The molecule has 0 fully saturated rings. The fourth-order valence-corrected chi connectivity index (χ4v) is 2.71. The number of benzene rings is 1. The summed E-state index contributed by atoms with van der Waals surface area (Å²) in [5, 5.41) is 18.3. The number of methoxy groups -OCH3 is 1. The fourth-order valence-electron chi connectivity index (χ4n) is 1.76. The summed E-state index contributed by atoms with van der Waals surface area (Å²) >= 11 is 1.50. The number of H-pyrrole nitrogens is 1. The molecule has 0 saturated heterocycles. The molecule has 0 aliphatic rings. The number of imidazole rings is 1. The third kappa shape index (κ3) is 3.43. The molecule has 0 amide bonds. The lowest BCUT2D eigenvalue weighted by molar-refractivity contribution is 0.415. The van der Waals surface area contributed by atoms with Crippen LogP contribution in [0, 0.1) is 28.6 Å². The largest absolute Gasteiger partial charge is 0.497 e. The van der Waals surface area contributed by atoms with Crippen molar-refractivity contribution in [1.82, 2.24) is 9.97 Å². The van der Waals surface area contributed by atoms with Gasteiger partial charge in [0.1, 0.15) is 5.75 Å². The Balaban J connectivity index is 2.03. The van der Waals surface area contributed by atoms with Crippen LogP contribution in [0.2, 0.25) is 0 Å². The molecule has 0 spiro atoms. The molecule has 2 aromatic rings. The molecule has 0 aliphatic heterocycles. The highest BCUT2D eigenvalue weighted by atomic mass is 32.2. The number of aromatic nitrogens is 2. The summed E-state index contributed by atoms with van der Waals surface area (Å²) in [6, 6.07) is 9.94. The van der Waals surface area contributed by atoms with Crippen molar-refractivity contribution < 1.29 is 4.74 Å². The number of nitrogens with zero attached hydrogens (tertiary/aromatic N) is 3. The van der Waals surface area contributed by atoms with Crippen LogP contribution in [0.5, 0.6) is 5.75 Å². The van der Waals surface area contributed by atoms with Gasteiger partial charge in [0, 0.05) is 18.2 Å². The fraction of sp³-hybridized carbons (Fsp3) is 0.357. The molecule has 0 bridgehead atoms. The molecular weight excluding hydrogens is 272 g/mol. The Morgan fingerprint density at radius 3 is 3.00 bits per heavy atom. The smallest absolute Gasteiger partial charge is 0.166 e. The summed E-state index contributed by atoms with van der Waals surface area (Å²) in [5.74, 6) is 1.29. The number of nitriles is 2. The quantitative estimate of drug-likeness (QED) is 0.825. The van der Waals surface area contributed by atoms with E-state index in [9.17, 15) is 0 Å². The number of thioether (sulfide) groups is 1. The minimum absolute atomic E-state index is 0.123. The van der Waals surface area contributed by atoms with Crippen LogP contribution in [0.4, 0.5) is 0 Å². The summed E-state index contributed by atoms with van der Waals surface area (Å²) in [6.07, 6.45) is 1.02. The van der Waals surface area contributed by atoms with Crippen molar-refractivity contribution in [2.24, 2.45) is 5.92 Å². The van der Waals surface area contributed by atoms with Crippen molar-refractivity contribution in [3.8, 4) is 17.9 Å². The standard InChI is InChI=1S/C14H14N4OS/c1-19-11-4-5-12-13(7-11)18-14(17-12)20-9-10(8-16)3-2-6-15/h4-5,7,10H,2-3,9H2,1H3,(H,17,18)/t10-/m1/s1. The zero-order valence-corrected chi connectivity index (χ0v) is 11.9. The average Bonchev–Trinajstić information content (AvgIpc) is 2.89. The van der Waals surface area contributed by atoms with E-state index in [1.807, 2.05) is 18.2 Å². The second-order valence-electron chi connectivity index (χ2n) is 4.26. The first-order valence-electron chi connectivity index (χ1n) is 6.20. The van der Waals surface area contributed by atoms with Gasteiger partial charge in [0.05, 0.1) is 36.2 Å². The van der Waals surface area contributed by atoms with E-state index in [-0.39, 0.29) is 5.92 Å². The molecule has 20 heavy (non-hydrogen) atoms. The number of fused-ring (bicyclic) bond motifs is 1. The number of nitrogens with one attached hydrogen (secondary N) is 1. The lowest BCUT2D eigenvalue weighted by atomic mass is 10.1. The highest BCUT2D eigenvalue weighted by molar-refractivity contribution is 7.99. The van der Waals surface area contributed by atoms with E-state index in [1.165, 1.54) is 11.8 Å². The molecule has 1 aromatic heterocycles. The lowest BCUT2D eigenvalue weighted by Gasteiger charge is -2.03. The van der Waals surface area contributed by atoms with Gasteiger partial charge in [-0.15, -0.1) is 0 Å². The van der Waals surface area contributed by atoms with Gasteiger partial charge in [-0.3, -0.25) is 0 Å². The van der Waals surface area contributed by atoms with Gasteiger partial charge in [0.15, 0.2) is 5.16 Å². The van der Waals surface area contributed by atoms with Crippen LogP contribution in [-0.2, 0) is 0 Å². The van der Waals surface area contributed by atoms with Crippen LogP contribution in [0.15, 0.2) is 23.4 Å². The van der Waals surface area contributed by atoms with E-state index < -0.39 is 0 Å². The van der Waals surface area contributed by atoms with Gasteiger partial charge < -0.3 is 9.72 Å². The van der Waals surface area contributed by atoms with E-state index in [0.717, 1.165) is 21.9 Å². The number of aromatic amines is 1. The maximum atomic E-state index is 9.02. The molecule has 0 unspecified atom stereocenters. The lowest BCUT2D eigenvalue weighted by Crippen LogP contribution is -2.00. The van der Waals surface area contributed by atoms with Gasteiger partial charge in [0.25, 0.3) is 0 Å². The van der Waals surface area contributed by atoms with E-state index in [1.54, 1.807) is 7.11 Å². The van der Waals surface area contributed by atoms with Crippen molar-refractivity contribution in [3.05, 3.63) is 18.2 Å². The normalized spacial score (nSPS) is 11.8. The van der Waals surface area contributed by atoms with Crippen molar-refractivity contribution in [2.75, 3.05) is 12.9 Å². The number of hydrogen-bond donors (Lipinski definition) is 1. The first kappa shape index (κ1) is 14.2. The Morgan fingerprint density at radius 2 is 2.30 bits per heavy atom. The van der Waals surface area contributed by atoms with E-state index in [0.29, 0.717) is 18.6 Å².